The van der Waals surface area contributed by atoms with Crippen LogP contribution in [0.2, 0.25) is 0 Å². The van der Waals surface area contributed by atoms with Gasteiger partial charge in [-0.3, -0.25) is 9.59 Å². The topological polar surface area (TPSA) is 73.2 Å². The summed E-state index contributed by atoms with van der Waals surface area (Å²) in [5, 5.41) is 6.90. The molecule has 1 aliphatic heterocycles. The van der Waals surface area contributed by atoms with Crippen LogP contribution in [-0.4, -0.2) is 22.3 Å². The molecule has 6 nitrogen and oxygen atoms in total. The summed E-state index contributed by atoms with van der Waals surface area (Å²) in [5.41, 5.74) is 0.936. The van der Waals surface area contributed by atoms with Gasteiger partial charge in [-0.1, -0.05) is 18.2 Å². The Morgan fingerprint density at radius 3 is 2.95 bits per heavy atom. The zero-order valence-corrected chi connectivity index (χ0v) is 11.6. The lowest BCUT2D eigenvalue weighted by molar-refractivity contribution is 0.0917. The van der Waals surface area contributed by atoms with Crippen LogP contribution in [0.4, 0.5) is 0 Å². The highest BCUT2D eigenvalue weighted by atomic mass is 16.5. The number of nitrogens with one attached hydrogen (secondary N) is 1. The molecule has 0 saturated heterocycles. The van der Waals surface area contributed by atoms with E-state index in [2.05, 4.69) is 10.4 Å². The first kappa shape index (κ1) is 13.4. The quantitative estimate of drug-likeness (QED) is 0.894. The van der Waals surface area contributed by atoms with Gasteiger partial charge in [0.15, 0.2) is 0 Å². The van der Waals surface area contributed by atoms with Crippen LogP contribution >= 0.6 is 0 Å². The van der Waals surface area contributed by atoms with E-state index < -0.39 is 0 Å². The predicted molar refractivity (Wildman–Crippen MR) is 76.2 cm³/mol. The Bertz CT molecular complexity index is 739. The summed E-state index contributed by atoms with van der Waals surface area (Å²) in [5.74, 6) is 0.495. The third kappa shape index (κ3) is 2.65. The molecule has 2 heterocycles. The van der Waals surface area contributed by atoms with Crippen LogP contribution in [0.1, 0.15) is 28.5 Å². The van der Waals surface area contributed by atoms with Crippen molar-refractivity contribution < 1.29 is 9.53 Å². The van der Waals surface area contributed by atoms with E-state index in [0.717, 1.165) is 16.0 Å². The van der Waals surface area contributed by atoms with Crippen LogP contribution in [0.15, 0.2) is 41.2 Å². The van der Waals surface area contributed by atoms with Gasteiger partial charge in [0.05, 0.1) is 12.6 Å². The summed E-state index contributed by atoms with van der Waals surface area (Å²) >= 11 is 0. The number of hydrogen-bond acceptors (Lipinski definition) is 4. The van der Waals surface area contributed by atoms with Crippen molar-refractivity contribution in [2.24, 2.45) is 7.05 Å². The second-order valence-electron chi connectivity index (χ2n) is 4.88. The third-order valence-corrected chi connectivity index (χ3v) is 3.46. The number of carbonyl (C=O) groups excluding carboxylic acids is 1. The van der Waals surface area contributed by atoms with Crippen molar-refractivity contribution in [2.75, 3.05) is 6.61 Å². The number of hydrogen-bond donors (Lipinski definition) is 1. The number of ether oxygens (including phenoxy) is 1. The maximum Gasteiger partial charge on any atom is 0.272 e. The highest BCUT2D eigenvalue weighted by Gasteiger charge is 2.23. The fraction of sp³-hybridized carbons (Fsp3) is 0.267. The molecule has 1 N–H and O–H groups in total. The summed E-state index contributed by atoms with van der Waals surface area (Å²) in [6, 6.07) is 10.3. The normalized spacial score (nSPS) is 16.7. The first-order valence-corrected chi connectivity index (χ1v) is 6.72. The Morgan fingerprint density at radius 2 is 2.14 bits per heavy atom. The highest BCUT2D eigenvalue weighted by molar-refractivity contribution is 5.92. The number of para-hydroxylation sites is 1. The molecular weight excluding hydrogens is 270 g/mol. The molecule has 0 fully saturated rings. The first-order valence-electron chi connectivity index (χ1n) is 6.72. The summed E-state index contributed by atoms with van der Waals surface area (Å²) < 4.78 is 6.71. The maximum atomic E-state index is 12.3. The van der Waals surface area contributed by atoms with Gasteiger partial charge in [-0.25, -0.2) is 4.68 Å². The van der Waals surface area contributed by atoms with E-state index in [1.54, 1.807) is 0 Å². The molecule has 1 atom stereocenters. The van der Waals surface area contributed by atoms with Crippen LogP contribution < -0.4 is 15.6 Å². The standard InChI is InChI=1S/C15H15N3O3/c1-18-14(19)7-6-12(17-18)15(20)16-11-8-9-21-13-5-3-2-4-10(11)13/h2-7,11H,8-9H2,1H3,(H,16,20). The van der Waals surface area contributed by atoms with Gasteiger partial charge in [0.2, 0.25) is 0 Å². The van der Waals surface area contributed by atoms with Gasteiger partial charge < -0.3 is 10.1 Å². The Labute approximate surface area is 121 Å². The zero-order valence-electron chi connectivity index (χ0n) is 11.6. The first-order chi connectivity index (χ1) is 10.1. The Hall–Kier alpha value is -2.63. The van der Waals surface area contributed by atoms with E-state index in [4.69, 9.17) is 4.74 Å². The molecule has 1 unspecified atom stereocenters. The van der Waals surface area contributed by atoms with Gasteiger partial charge in [-0.05, 0) is 12.1 Å². The molecule has 0 radical (unpaired) electrons. The molecule has 0 spiro atoms. The van der Waals surface area contributed by atoms with Crippen molar-refractivity contribution in [2.45, 2.75) is 12.5 Å². The molecular formula is C15H15N3O3. The molecule has 1 aromatic carbocycles. The van der Waals surface area contributed by atoms with Crippen molar-refractivity contribution >= 4 is 5.91 Å². The molecule has 2 aromatic rings. The summed E-state index contributed by atoms with van der Waals surface area (Å²) in [6.07, 6.45) is 0.703. The van der Waals surface area contributed by atoms with Crippen molar-refractivity contribution in [1.29, 1.82) is 0 Å². The monoisotopic (exact) mass is 285 g/mol. The molecule has 1 aliphatic rings. The average molecular weight is 285 g/mol. The van der Waals surface area contributed by atoms with Gasteiger partial charge >= 0.3 is 0 Å². The fourth-order valence-corrected chi connectivity index (χ4v) is 2.35. The summed E-state index contributed by atoms with van der Waals surface area (Å²) in [6.45, 7) is 0.558. The van der Waals surface area contributed by atoms with E-state index in [9.17, 15) is 9.59 Å². The fourth-order valence-electron chi connectivity index (χ4n) is 2.35. The highest BCUT2D eigenvalue weighted by Crippen LogP contribution is 2.31. The van der Waals surface area contributed by atoms with Crippen LogP contribution in [0, 0.1) is 0 Å². The molecule has 0 bridgehead atoms. The van der Waals surface area contributed by atoms with Crippen LogP contribution in [0.5, 0.6) is 5.75 Å². The molecule has 21 heavy (non-hydrogen) atoms. The van der Waals surface area contributed by atoms with Gasteiger partial charge in [0, 0.05) is 25.1 Å². The van der Waals surface area contributed by atoms with Crippen molar-refractivity contribution in [3.05, 3.63) is 58.0 Å². The van der Waals surface area contributed by atoms with Crippen molar-refractivity contribution in [3.8, 4) is 5.75 Å². The van der Waals surface area contributed by atoms with Gasteiger partial charge in [0.25, 0.3) is 11.5 Å². The number of nitrogens with zero attached hydrogens (tertiary/aromatic N) is 2. The van der Waals surface area contributed by atoms with Gasteiger partial charge in [-0.2, -0.15) is 5.10 Å². The van der Waals surface area contributed by atoms with Gasteiger partial charge in [-0.15, -0.1) is 0 Å². The number of carbonyl (C=O) groups is 1. The number of benzene rings is 1. The SMILES string of the molecule is Cn1nc(C(=O)NC2CCOc3ccccc32)ccc1=O. The maximum absolute atomic E-state index is 12.3. The second-order valence-corrected chi connectivity index (χ2v) is 4.88. The summed E-state index contributed by atoms with van der Waals surface area (Å²) in [4.78, 5) is 23.6. The summed E-state index contributed by atoms with van der Waals surface area (Å²) in [7, 11) is 1.52. The molecule has 0 saturated carbocycles. The largest absolute Gasteiger partial charge is 0.493 e. The molecule has 3 rings (SSSR count). The molecule has 108 valence electrons. The Balaban J connectivity index is 1.82. The average Bonchev–Trinajstić information content (AvgIpc) is 2.50. The van der Waals surface area contributed by atoms with Crippen LogP contribution in [-0.2, 0) is 7.05 Å². The lowest BCUT2D eigenvalue weighted by Gasteiger charge is -2.26. The van der Waals surface area contributed by atoms with E-state index in [1.165, 1.54) is 19.2 Å². The van der Waals surface area contributed by atoms with E-state index in [-0.39, 0.29) is 23.2 Å². The number of rotatable bonds is 2. The third-order valence-electron chi connectivity index (χ3n) is 3.46. The van der Waals surface area contributed by atoms with Gasteiger partial charge in [0.1, 0.15) is 11.4 Å². The molecule has 1 aromatic heterocycles. The minimum Gasteiger partial charge on any atom is -0.493 e. The lowest BCUT2D eigenvalue weighted by atomic mass is 10.0. The Kier molecular flexibility index (Phi) is 3.43. The van der Waals surface area contributed by atoms with Crippen molar-refractivity contribution in [3.63, 3.8) is 0 Å². The molecule has 0 aliphatic carbocycles. The number of aryl methyl sites for hydroxylation is 1. The van der Waals surface area contributed by atoms with E-state index in [0.29, 0.717) is 13.0 Å². The Morgan fingerprint density at radius 1 is 1.33 bits per heavy atom. The van der Waals surface area contributed by atoms with E-state index in [1.807, 2.05) is 24.3 Å². The molecule has 6 heteroatoms. The van der Waals surface area contributed by atoms with E-state index >= 15 is 0 Å². The number of amides is 1. The smallest absolute Gasteiger partial charge is 0.272 e. The minimum absolute atomic E-state index is 0.110. The number of fused-ring (bicyclic) bond motifs is 1. The number of aromatic nitrogens is 2. The molecule has 1 amide bonds. The van der Waals surface area contributed by atoms with Crippen molar-refractivity contribution in [1.82, 2.24) is 15.1 Å². The lowest BCUT2D eigenvalue weighted by Crippen LogP contribution is -2.34. The zero-order chi connectivity index (χ0) is 14.8. The van der Waals surface area contributed by atoms with Crippen LogP contribution in [0.25, 0.3) is 0 Å². The predicted octanol–water partition coefficient (Wildman–Crippen LogP) is 1.03. The van der Waals surface area contributed by atoms with Crippen LogP contribution in [0.3, 0.4) is 0 Å². The second kappa shape index (κ2) is 5.40. The minimum atomic E-state index is -0.299.